The molecule has 168 valence electrons. The van der Waals surface area contributed by atoms with Gasteiger partial charge in [0.05, 0.1) is 13.2 Å². The number of quaternary nitrogens is 1. The van der Waals surface area contributed by atoms with E-state index in [4.69, 9.17) is 9.26 Å². The number of ether oxygens (including phenoxy) is 1. The van der Waals surface area contributed by atoms with Crippen LogP contribution < -0.4 is 11.0 Å². The monoisotopic (exact) mass is 421 g/mol. The lowest BCUT2D eigenvalue weighted by Gasteiger charge is -2.14. The lowest BCUT2D eigenvalue weighted by molar-refractivity contribution is -0.215. The van der Waals surface area contributed by atoms with Crippen LogP contribution in [0.15, 0.2) is 12.2 Å². The van der Waals surface area contributed by atoms with Gasteiger partial charge in [0, 0.05) is 6.61 Å². The minimum absolute atomic E-state index is 0. The van der Waals surface area contributed by atoms with E-state index in [1.165, 1.54) is 77.0 Å². The number of allylic oxidation sites excluding steroid dienone is 2. The minimum atomic E-state index is -4.03. The van der Waals surface area contributed by atoms with Crippen LogP contribution in [0, 0.1) is 0 Å². The number of rotatable bonds is 18. The highest BCUT2D eigenvalue weighted by molar-refractivity contribution is 7.46. The summed E-state index contributed by atoms with van der Waals surface area (Å²) in [6.45, 7) is 3.29. The second-order valence-electron chi connectivity index (χ2n) is 7.48. The van der Waals surface area contributed by atoms with Gasteiger partial charge in [0.2, 0.25) is 0 Å². The predicted molar refractivity (Wildman–Crippen MR) is 115 cm³/mol. The maximum atomic E-state index is 11.0. The average molecular weight is 422 g/mol. The maximum absolute atomic E-state index is 11.0. The van der Waals surface area contributed by atoms with E-state index in [1.54, 1.807) is 0 Å². The first-order valence-corrected chi connectivity index (χ1v) is 12.5. The average Bonchev–Trinajstić information content (AvgIpc) is 2.99. The molecule has 0 amide bonds. The molecule has 1 saturated heterocycles. The van der Waals surface area contributed by atoms with Crippen molar-refractivity contribution in [3.05, 3.63) is 12.2 Å². The zero-order chi connectivity index (χ0) is 19.6. The molecule has 4 N–H and O–H groups in total. The van der Waals surface area contributed by atoms with E-state index in [0.29, 0.717) is 6.61 Å². The van der Waals surface area contributed by atoms with Crippen LogP contribution in [0.25, 0.3) is 0 Å². The topological polar surface area (TPSA) is 104 Å². The molecule has 0 aromatic heterocycles. The van der Waals surface area contributed by atoms with Crippen LogP contribution in [-0.4, -0.2) is 25.9 Å². The molecular formula is C21H44NO5P. The highest BCUT2D eigenvalue weighted by atomic mass is 31.2. The molecule has 0 bridgehead atoms. The SMILES string of the molecule is CCCCCCCC/C=C\CCCCCCCCOC[C@@H]1COP(=O)([O-])O1.[NH4+]. The lowest BCUT2D eigenvalue weighted by Crippen LogP contribution is -2.18. The van der Waals surface area contributed by atoms with Gasteiger partial charge in [0.25, 0.3) is 7.82 Å². The van der Waals surface area contributed by atoms with Crippen LogP contribution in [0.4, 0.5) is 0 Å². The van der Waals surface area contributed by atoms with E-state index < -0.39 is 13.9 Å². The highest BCUT2D eigenvalue weighted by Gasteiger charge is 2.27. The van der Waals surface area contributed by atoms with Crippen LogP contribution in [0.5, 0.6) is 0 Å². The van der Waals surface area contributed by atoms with Crippen molar-refractivity contribution in [1.29, 1.82) is 0 Å². The van der Waals surface area contributed by atoms with Gasteiger partial charge < -0.3 is 24.8 Å². The summed E-state index contributed by atoms with van der Waals surface area (Å²) in [5, 5.41) is 0. The van der Waals surface area contributed by atoms with Crippen molar-refractivity contribution in [3.8, 4) is 0 Å². The molecule has 7 heteroatoms. The predicted octanol–water partition coefficient (Wildman–Crippen LogP) is 6.30. The third-order valence-electron chi connectivity index (χ3n) is 4.80. The smallest absolute Gasteiger partial charge is 0.268 e. The number of hydrogen-bond acceptors (Lipinski definition) is 5. The summed E-state index contributed by atoms with van der Waals surface area (Å²) in [6.07, 6.45) is 22.2. The summed E-state index contributed by atoms with van der Waals surface area (Å²) in [7, 11) is -4.03. The molecule has 1 aliphatic rings. The summed E-state index contributed by atoms with van der Waals surface area (Å²) in [6, 6.07) is 0. The summed E-state index contributed by atoms with van der Waals surface area (Å²) in [4.78, 5) is 11.0. The van der Waals surface area contributed by atoms with Crippen LogP contribution in [0.3, 0.4) is 0 Å². The Morgan fingerprint density at radius 2 is 1.46 bits per heavy atom. The van der Waals surface area contributed by atoms with Gasteiger partial charge in [-0.15, -0.1) is 0 Å². The molecule has 1 fully saturated rings. The van der Waals surface area contributed by atoms with E-state index >= 15 is 0 Å². The van der Waals surface area contributed by atoms with Crippen molar-refractivity contribution in [2.75, 3.05) is 19.8 Å². The van der Waals surface area contributed by atoms with E-state index in [0.717, 1.165) is 12.8 Å². The fraction of sp³-hybridized carbons (Fsp3) is 0.905. The van der Waals surface area contributed by atoms with Crippen LogP contribution in [0.1, 0.15) is 96.8 Å². The molecule has 0 aromatic rings. The van der Waals surface area contributed by atoms with Crippen molar-refractivity contribution >= 4 is 7.82 Å². The minimum Gasteiger partial charge on any atom is -0.756 e. The molecule has 0 aliphatic carbocycles. The van der Waals surface area contributed by atoms with E-state index in [9.17, 15) is 9.46 Å². The van der Waals surface area contributed by atoms with Crippen molar-refractivity contribution in [1.82, 2.24) is 6.15 Å². The fourth-order valence-corrected chi connectivity index (χ4v) is 4.06. The molecule has 28 heavy (non-hydrogen) atoms. The van der Waals surface area contributed by atoms with Gasteiger partial charge in [-0.05, 0) is 32.1 Å². The van der Waals surface area contributed by atoms with Gasteiger partial charge in [-0.1, -0.05) is 76.9 Å². The van der Waals surface area contributed by atoms with Gasteiger partial charge in [-0.3, -0.25) is 4.57 Å². The van der Waals surface area contributed by atoms with Crippen molar-refractivity contribution in [2.24, 2.45) is 0 Å². The molecule has 0 spiro atoms. The molecule has 1 aliphatic heterocycles. The van der Waals surface area contributed by atoms with E-state index in [-0.39, 0.29) is 19.4 Å². The Hall–Kier alpha value is -0.230. The standard InChI is InChI=1S/C21H41O5P.H3N/c1-2-3-4-5-6-7-8-9-10-11-12-13-14-15-16-17-18-24-19-21-20-25-27(22,23)26-21;/h9-10,21H,2-8,11-20H2,1H3,(H,22,23);1H3/b10-9-;/t21-;/m1./s1. The summed E-state index contributed by atoms with van der Waals surface area (Å²) in [5.41, 5.74) is 0. The van der Waals surface area contributed by atoms with Crippen LogP contribution >= 0.6 is 7.82 Å². The zero-order valence-corrected chi connectivity index (χ0v) is 19.1. The number of phosphoric acid groups is 1. The van der Waals surface area contributed by atoms with Gasteiger partial charge >= 0.3 is 0 Å². The van der Waals surface area contributed by atoms with Crippen LogP contribution in [-0.2, 0) is 18.3 Å². The Morgan fingerprint density at radius 1 is 0.929 bits per heavy atom. The second-order valence-corrected chi connectivity index (χ2v) is 8.85. The zero-order valence-electron chi connectivity index (χ0n) is 18.2. The first-order chi connectivity index (χ1) is 13.1. The molecule has 0 radical (unpaired) electrons. The van der Waals surface area contributed by atoms with Gasteiger partial charge in [-0.25, -0.2) is 0 Å². The molecule has 6 nitrogen and oxygen atoms in total. The summed E-state index contributed by atoms with van der Waals surface area (Å²) < 4.78 is 25.7. The molecule has 1 rings (SSSR count). The highest BCUT2D eigenvalue weighted by Crippen LogP contribution is 2.45. The van der Waals surface area contributed by atoms with E-state index in [1.807, 2.05) is 0 Å². The Labute approximate surface area is 172 Å². The van der Waals surface area contributed by atoms with Gasteiger partial charge in [0.1, 0.15) is 6.10 Å². The third kappa shape index (κ3) is 16.7. The number of phosphoric ester groups is 1. The molecule has 0 aromatic carbocycles. The molecule has 1 heterocycles. The van der Waals surface area contributed by atoms with Gasteiger partial charge in [0.15, 0.2) is 0 Å². The summed E-state index contributed by atoms with van der Waals surface area (Å²) in [5.74, 6) is 0. The second kappa shape index (κ2) is 18.8. The maximum Gasteiger partial charge on any atom is 0.268 e. The number of unbranched alkanes of at least 4 members (excludes halogenated alkanes) is 12. The Kier molecular flexibility index (Phi) is 18.6. The first-order valence-electron chi connectivity index (χ1n) is 11.0. The molecule has 1 unspecified atom stereocenters. The first kappa shape index (κ1) is 27.8. The molecule has 2 atom stereocenters. The third-order valence-corrected chi connectivity index (χ3v) is 5.82. The van der Waals surface area contributed by atoms with Crippen molar-refractivity contribution in [3.63, 3.8) is 0 Å². The largest absolute Gasteiger partial charge is 0.756 e. The number of hydrogen-bond donors (Lipinski definition) is 1. The fourth-order valence-electron chi connectivity index (χ4n) is 3.16. The van der Waals surface area contributed by atoms with Crippen LogP contribution in [0.2, 0.25) is 0 Å². The van der Waals surface area contributed by atoms with E-state index in [2.05, 4.69) is 23.6 Å². The lowest BCUT2D eigenvalue weighted by atomic mass is 10.1. The summed E-state index contributed by atoms with van der Waals surface area (Å²) >= 11 is 0. The normalized spacial score (nSPS) is 22.0. The Balaban J connectivity index is 0.00000729. The van der Waals surface area contributed by atoms with Gasteiger partial charge in [-0.2, -0.15) is 0 Å². The van der Waals surface area contributed by atoms with Crippen molar-refractivity contribution < 1.29 is 23.2 Å². The van der Waals surface area contributed by atoms with Crippen molar-refractivity contribution in [2.45, 2.75) is 103 Å². The quantitative estimate of drug-likeness (QED) is 0.159. The Morgan fingerprint density at radius 3 is 2.00 bits per heavy atom. The Bertz CT molecular complexity index is 420. The molecule has 0 saturated carbocycles. The molecular weight excluding hydrogens is 377 g/mol.